The molecule has 0 amide bonds. The van der Waals surface area contributed by atoms with E-state index >= 15 is 0 Å². The van der Waals surface area contributed by atoms with Crippen molar-refractivity contribution in [2.45, 2.75) is 26.4 Å². The van der Waals surface area contributed by atoms with E-state index in [2.05, 4.69) is 29.3 Å². The molecule has 154 valence electrons. The van der Waals surface area contributed by atoms with Gasteiger partial charge >= 0.3 is 0 Å². The summed E-state index contributed by atoms with van der Waals surface area (Å²) in [5.74, 6) is 0.801. The number of furan rings is 1. The Morgan fingerprint density at radius 3 is 2.76 bits per heavy atom. The van der Waals surface area contributed by atoms with Crippen molar-refractivity contribution in [3.8, 4) is 0 Å². The van der Waals surface area contributed by atoms with Gasteiger partial charge in [0.1, 0.15) is 5.76 Å². The first-order valence-electron chi connectivity index (χ1n) is 9.75. The molecule has 0 fully saturated rings. The predicted octanol–water partition coefficient (Wildman–Crippen LogP) is 3.26. The van der Waals surface area contributed by atoms with Crippen LogP contribution in [0.3, 0.4) is 0 Å². The van der Waals surface area contributed by atoms with Crippen LogP contribution in [0.15, 0.2) is 51.9 Å². The summed E-state index contributed by atoms with van der Waals surface area (Å²) in [7, 11) is 4.10. The maximum atomic E-state index is 12.7. The summed E-state index contributed by atoms with van der Waals surface area (Å²) >= 11 is 5.63. The molecule has 29 heavy (non-hydrogen) atoms. The number of H-pyrrole nitrogens is 1. The Labute approximate surface area is 176 Å². The molecule has 6 nitrogen and oxygen atoms in total. The van der Waals surface area contributed by atoms with Crippen LogP contribution in [0.1, 0.15) is 23.3 Å². The summed E-state index contributed by atoms with van der Waals surface area (Å²) in [4.78, 5) is 19.8. The highest BCUT2D eigenvalue weighted by Gasteiger charge is 2.15. The van der Waals surface area contributed by atoms with Crippen LogP contribution in [0.2, 0.25) is 0 Å². The fraction of sp³-hybridized carbons (Fsp3) is 0.364. The van der Waals surface area contributed by atoms with E-state index in [0.29, 0.717) is 23.8 Å². The molecule has 2 heterocycles. The van der Waals surface area contributed by atoms with Crippen LogP contribution in [0.25, 0.3) is 10.9 Å². The molecule has 0 saturated carbocycles. The third-order valence-corrected chi connectivity index (χ3v) is 5.20. The number of hydrogen-bond donors (Lipinski definition) is 2. The van der Waals surface area contributed by atoms with Gasteiger partial charge in [-0.1, -0.05) is 18.2 Å². The average Bonchev–Trinajstić information content (AvgIpc) is 3.19. The van der Waals surface area contributed by atoms with Gasteiger partial charge in [0.15, 0.2) is 5.11 Å². The summed E-state index contributed by atoms with van der Waals surface area (Å²) in [5, 5.41) is 4.94. The van der Waals surface area contributed by atoms with Gasteiger partial charge in [0.2, 0.25) is 0 Å². The van der Waals surface area contributed by atoms with Gasteiger partial charge in [-0.25, -0.2) is 0 Å². The molecule has 0 aliphatic heterocycles. The van der Waals surface area contributed by atoms with E-state index in [4.69, 9.17) is 16.6 Å². The molecule has 2 N–H and O–H groups in total. The van der Waals surface area contributed by atoms with Gasteiger partial charge < -0.3 is 24.5 Å². The minimum atomic E-state index is -0.0911. The number of nitrogens with one attached hydrogen (secondary N) is 2. The third-order valence-electron chi connectivity index (χ3n) is 4.80. The van der Waals surface area contributed by atoms with Crippen LogP contribution < -0.4 is 10.9 Å². The zero-order chi connectivity index (χ0) is 20.8. The first kappa shape index (κ1) is 21.1. The van der Waals surface area contributed by atoms with E-state index in [1.54, 1.807) is 6.26 Å². The minimum absolute atomic E-state index is 0.0911. The lowest BCUT2D eigenvalue weighted by Crippen LogP contribution is -2.40. The number of hydrogen-bond acceptors (Lipinski definition) is 4. The summed E-state index contributed by atoms with van der Waals surface area (Å²) in [6.45, 7) is 4.65. The maximum absolute atomic E-state index is 12.7. The molecule has 0 saturated heterocycles. The van der Waals surface area contributed by atoms with Crippen molar-refractivity contribution < 1.29 is 4.42 Å². The molecule has 0 atom stereocenters. The number of fused-ring (bicyclic) bond motifs is 1. The normalized spacial score (nSPS) is 11.2. The Kier molecular flexibility index (Phi) is 7.06. The number of thiocarbonyl (C=S) groups is 1. The number of aromatic nitrogens is 1. The highest BCUT2D eigenvalue weighted by molar-refractivity contribution is 7.80. The van der Waals surface area contributed by atoms with Gasteiger partial charge in [-0.3, -0.25) is 4.79 Å². The summed E-state index contributed by atoms with van der Waals surface area (Å²) in [6, 6.07) is 11.7. The van der Waals surface area contributed by atoms with Gasteiger partial charge in [0.05, 0.1) is 24.9 Å². The van der Waals surface area contributed by atoms with Gasteiger partial charge in [-0.05, 0) is 75.4 Å². The van der Waals surface area contributed by atoms with Crippen molar-refractivity contribution in [1.29, 1.82) is 0 Å². The summed E-state index contributed by atoms with van der Waals surface area (Å²) in [6.07, 6.45) is 2.63. The van der Waals surface area contributed by atoms with Gasteiger partial charge in [0, 0.05) is 12.1 Å². The molecule has 0 bridgehead atoms. The monoisotopic (exact) mass is 412 g/mol. The number of benzene rings is 1. The lowest BCUT2D eigenvalue weighted by atomic mass is 10.1. The largest absolute Gasteiger partial charge is 0.467 e. The van der Waals surface area contributed by atoms with E-state index in [1.807, 2.05) is 48.2 Å². The number of rotatable bonds is 8. The molecule has 0 aliphatic rings. The van der Waals surface area contributed by atoms with Crippen LogP contribution in [-0.2, 0) is 13.1 Å². The smallest absolute Gasteiger partial charge is 0.253 e. The molecule has 0 spiro atoms. The maximum Gasteiger partial charge on any atom is 0.253 e. The molecular formula is C22H28N4O2S. The van der Waals surface area contributed by atoms with Crippen molar-refractivity contribution >= 4 is 28.2 Å². The Balaban J connectivity index is 1.79. The Morgan fingerprint density at radius 2 is 2.03 bits per heavy atom. The van der Waals surface area contributed by atoms with E-state index in [0.717, 1.165) is 41.7 Å². The van der Waals surface area contributed by atoms with Gasteiger partial charge in [-0.15, -0.1) is 0 Å². The van der Waals surface area contributed by atoms with E-state index < -0.39 is 0 Å². The van der Waals surface area contributed by atoms with Crippen molar-refractivity contribution in [3.05, 3.63) is 69.9 Å². The number of para-hydroxylation sites is 1. The fourth-order valence-corrected chi connectivity index (χ4v) is 3.48. The first-order valence-corrected chi connectivity index (χ1v) is 10.2. The van der Waals surface area contributed by atoms with Gasteiger partial charge in [0.25, 0.3) is 5.56 Å². The van der Waals surface area contributed by atoms with Crippen LogP contribution in [0.5, 0.6) is 0 Å². The molecule has 2 aromatic heterocycles. The lowest BCUT2D eigenvalue weighted by Gasteiger charge is -2.25. The second kappa shape index (κ2) is 9.71. The third kappa shape index (κ3) is 5.68. The highest BCUT2D eigenvalue weighted by atomic mass is 32.1. The van der Waals surface area contributed by atoms with Crippen molar-refractivity contribution in [1.82, 2.24) is 20.1 Å². The fourth-order valence-electron chi connectivity index (χ4n) is 3.24. The van der Waals surface area contributed by atoms with Crippen LogP contribution in [0.4, 0.5) is 0 Å². The zero-order valence-electron chi connectivity index (χ0n) is 17.2. The average molecular weight is 413 g/mol. The van der Waals surface area contributed by atoms with Crippen LogP contribution in [0, 0.1) is 6.92 Å². The quantitative estimate of drug-likeness (QED) is 0.437. The molecule has 3 aromatic rings. The Hall–Kier alpha value is -2.64. The molecule has 0 aliphatic carbocycles. The number of aryl methyl sites for hydroxylation is 1. The second-order valence-electron chi connectivity index (χ2n) is 7.49. The van der Waals surface area contributed by atoms with E-state index in [-0.39, 0.29) is 5.56 Å². The molecule has 1 aromatic carbocycles. The topological polar surface area (TPSA) is 64.5 Å². The van der Waals surface area contributed by atoms with Crippen molar-refractivity contribution in [2.24, 2.45) is 0 Å². The summed E-state index contributed by atoms with van der Waals surface area (Å²) in [5.41, 5.74) is 2.51. The molecular weight excluding hydrogens is 384 g/mol. The Bertz CT molecular complexity index is 1010. The summed E-state index contributed by atoms with van der Waals surface area (Å²) < 4.78 is 5.50. The van der Waals surface area contributed by atoms with Crippen molar-refractivity contribution in [2.75, 3.05) is 27.2 Å². The molecule has 7 heteroatoms. The van der Waals surface area contributed by atoms with Crippen molar-refractivity contribution in [3.63, 3.8) is 0 Å². The predicted molar refractivity (Wildman–Crippen MR) is 121 cm³/mol. The lowest BCUT2D eigenvalue weighted by molar-refractivity contribution is 0.348. The second-order valence-corrected chi connectivity index (χ2v) is 7.87. The molecule has 0 radical (unpaired) electrons. The molecule has 3 rings (SSSR count). The standard InChI is InChI=1S/C22H28N4O2S/c1-16-7-4-8-17-13-18(21(27)24-20(16)17)14-26(15-19-9-5-12-28-19)22(29)23-10-6-11-25(2)3/h4-5,7-9,12-13H,6,10-11,14-15H2,1-3H3,(H,23,29)(H,24,27). The van der Waals surface area contributed by atoms with E-state index in [9.17, 15) is 4.79 Å². The van der Waals surface area contributed by atoms with Crippen LogP contribution >= 0.6 is 12.2 Å². The SMILES string of the molecule is Cc1cccc2cc(CN(Cc3ccco3)C(=S)NCCCN(C)C)c(=O)[nH]c12. The molecule has 0 unspecified atom stereocenters. The van der Waals surface area contributed by atoms with E-state index in [1.165, 1.54) is 0 Å². The van der Waals surface area contributed by atoms with Gasteiger partial charge in [-0.2, -0.15) is 0 Å². The number of aromatic amines is 1. The van der Waals surface area contributed by atoms with Crippen LogP contribution in [-0.4, -0.2) is 47.1 Å². The first-order chi connectivity index (χ1) is 13.9. The Morgan fingerprint density at radius 1 is 1.21 bits per heavy atom. The number of nitrogens with zero attached hydrogens (tertiary/aromatic N) is 2. The number of pyridine rings is 1. The highest BCUT2D eigenvalue weighted by Crippen LogP contribution is 2.16. The minimum Gasteiger partial charge on any atom is -0.467 e. The zero-order valence-corrected chi connectivity index (χ0v) is 18.0.